The van der Waals surface area contributed by atoms with Gasteiger partial charge in [-0.2, -0.15) is 9.49 Å². The van der Waals surface area contributed by atoms with Crippen LogP contribution in [0.15, 0.2) is 54.6 Å². The van der Waals surface area contributed by atoms with Crippen LogP contribution in [0.25, 0.3) is 5.70 Å². The summed E-state index contributed by atoms with van der Waals surface area (Å²) in [4.78, 5) is 27.6. The first-order valence-corrected chi connectivity index (χ1v) is 8.73. The third kappa shape index (κ3) is 3.11. The maximum Gasteiger partial charge on any atom is 0.263 e. The zero-order chi connectivity index (χ0) is 19.7. The molecule has 142 valence electrons. The first kappa shape index (κ1) is 17.8. The molecule has 0 N–H and O–H groups in total. The van der Waals surface area contributed by atoms with E-state index in [1.807, 2.05) is 17.2 Å². The molecule has 0 spiro atoms. The highest BCUT2D eigenvalue weighted by molar-refractivity contribution is 6.09. The molecule has 4 heterocycles. The van der Waals surface area contributed by atoms with E-state index in [1.54, 1.807) is 19.3 Å². The highest BCUT2D eigenvalue weighted by Crippen LogP contribution is 2.27. The van der Waals surface area contributed by atoms with Gasteiger partial charge in [-0.3, -0.25) is 14.7 Å². The van der Waals surface area contributed by atoms with Crippen LogP contribution in [0.4, 0.5) is 10.2 Å². The van der Waals surface area contributed by atoms with Gasteiger partial charge in [-0.25, -0.2) is 14.6 Å². The molecule has 0 aliphatic carbocycles. The largest absolute Gasteiger partial charge is 0.333 e. The number of fused-ring (bicyclic) bond motifs is 1. The predicted octanol–water partition coefficient (Wildman–Crippen LogP) is 2.25. The molecule has 4 rings (SSSR count). The van der Waals surface area contributed by atoms with Crippen molar-refractivity contribution in [1.29, 1.82) is 0 Å². The zero-order valence-corrected chi connectivity index (χ0v) is 15.3. The van der Waals surface area contributed by atoms with Crippen molar-refractivity contribution in [3.8, 4) is 0 Å². The molecule has 0 saturated heterocycles. The number of nitrogens with zero attached hydrogens (tertiary/aromatic N) is 7. The second kappa shape index (κ2) is 7.18. The predicted molar refractivity (Wildman–Crippen MR) is 103 cm³/mol. The van der Waals surface area contributed by atoms with Crippen LogP contribution in [0.3, 0.4) is 0 Å². The Morgan fingerprint density at radius 1 is 1.32 bits per heavy atom. The van der Waals surface area contributed by atoms with Gasteiger partial charge in [0, 0.05) is 38.4 Å². The third-order valence-corrected chi connectivity index (χ3v) is 4.53. The number of carbonyl (C=O) groups excluding carboxylic acids is 1. The number of carbonyl (C=O) groups is 1. The van der Waals surface area contributed by atoms with Crippen molar-refractivity contribution in [3.05, 3.63) is 66.8 Å². The molecule has 2 aromatic heterocycles. The van der Waals surface area contributed by atoms with E-state index >= 15 is 0 Å². The minimum Gasteiger partial charge on any atom is -0.333 e. The molecule has 0 fully saturated rings. The van der Waals surface area contributed by atoms with Crippen molar-refractivity contribution in [2.45, 2.75) is 13.0 Å². The van der Waals surface area contributed by atoms with E-state index in [1.165, 1.54) is 22.0 Å². The summed E-state index contributed by atoms with van der Waals surface area (Å²) in [6.07, 6.45) is 12.9. The number of anilines is 1. The summed E-state index contributed by atoms with van der Waals surface area (Å²) in [6.45, 7) is 5.03. The van der Waals surface area contributed by atoms with E-state index < -0.39 is 5.95 Å². The number of hydrogen-bond acceptors (Lipinski definition) is 5. The lowest BCUT2D eigenvalue weighted by Gasteiger charge is -2.15. The van der Waals surface area contributed by atoms with Crippen molar-refractivity contribution in [1.82, 2.24) is 24.6 Å². The van der Waals surface area contributed by atoms with Gasteiger partial charge in [0.05, 0.1) is 23.5 Å². The molecular weight excluding hydrogens is 361 g/mol. The molecule has 9 heteroatoms. The first-order valence-electron chi connectivity index (χ1n) is 8.73. The number of amidine groups is 1. The van der Waals surface area contributed by atoms with E-state index in [2.05, 4.69) is 32.7 Å². The fourth-order valence-corrected chi connectivity index (χ4v) is 3.11. The van der Waals surface area contributed by atoms with Crippen LogP contribution in [0, 0.1) is 5.95 Å². The molecule has 0 radical (unpaired) electrons. The number of aliphatic imine (C=N–C) groups is 1. The zero-order valence-electron chi connectivity index (χ0n) is 15.3. The van der Waals surface area contributed by atoms with Crippen molar-refractivity contribution < 1.29 is 9.18 Å². The van der Waals surface area contributed by atoms with E-state index in [0.717, 1.165) is 18.8 Å². The molecule has 0 saturated carbocycles. The smallest absolute Gasteiger partial charge is 0.263 e. The van der Waals surface area contributed by atoms with Crippen LogP contribution in [0.2, 0.25) is 0 Å². The van der Waals surface area contributed by atoms with Crippen LogP contribution in [0.1, 0.15) is 22.5 Å². The summed E-state index contributed by atoms with van der Waals surface area (Å²) in [5.41, 5.74) is 1.52. The summed E-state index contributed by atoms with van der Waals surface area (Å²) in [7, 11) is 1.73. The Bertz CT molecular complexity index is 1040. The lowest BCUT2D eigenvalue weighted by Crippen LogP contribution is -2.26. The van der Waals surface area contributed by atoms with E-state index in [9.17, 15) is 9.18 Å². The Labute approximate surface area is 161 Å². The van der Waals surface area contributed by atoms with Gasteiger partial charge in [-0.05, 0) is 18.6 Å². The Morgan fingerprint density at radius 3 is 2.82 bits per heavy atom. The standard InChI is InChI=1S/C19H18FN7O/c1-13(5-6-16(21-2)25-9-3-4-10-25)27-11-14-15(24-27)12-26(19(14)28)18-17(20)22-7-8-23-18/h3,5-9,11H,1,4,10,12H2,2H3/b6-5-,21-16+. The normalized spacial score (nSPS) is 16.5. The van der Waals surface area contributed by atoms with Gasteiger partial charge in [0.25, 0.3) is 11.9 Å². The van der Waals surface area contributed by atoms with Gasteiger partial charge < -0.3 is 4.90 Å². The van der Waals surface area contributed by atoms with Crippen molar-refractivity contribution in [2.75, 3.05) is 18.5 Å². The number of allylic oxidation sites excluding steroid dienone is 2. The molecule has 2 aliphatic rings. The summed E-state index contributed by atoms with van der Waals surface area (Å²) >= 11 is 0. The second-order valence-electron chi connectivity index (χ2n) is 6.27. The van der Waals surface area contributed by atoms with Crippen LogP contribution in [-0.2, 0) is 6.54 Å². The van der Waals surface area contributed by atoms with Crippen molar-refractivity contribution in [3.63, 3.8) is 0 Å². The Morgan fingerprint density at radius 2 is 2.14 bits per heavy atom. The fraction of sp³-hybridized carbons (Fsp3) is 0.211. The minimum atomic E-state index is -0.788. The maximum absolute atomic E-state index is 13.9. The summed E-state index contributed by atoms with van der Waals surface area (Å²) in [5, 5.41) is 4.41. The molecule has 8 nitrogen and oxygen atoms in total. The number of rotatable bonds is 4. The summed E-state index contributed by atoms with van der Waals surface area (Å²) in [5.74, 6) is -0.438. The van der Waals surface area contributed by atoms with Crippen molar-refractivity contribution >= 4 is 23.3 Å². The van der Waals surface area contributed by atoms with Crippen LogP contribution < -0.4 is 4.90 Å². The SMILES string of the molecule is C=C(/C=C\C(=N/C)N1C=CCC1)n1cc2c(n1)CN(c1nccnc1F)C2=O. The molecule has 0 bridgehead atoms. The Hall–Kier alpha value is -3.62. The van der Waals surface area contributed by atoms with Gasteiger partial charge in [0.15, 0.2) is 5.82 Å². The molecule has 0 atom stereocenters. The van der Waals surface area contributed by atoms with E-state index in [4.69, 9.17) is 0 Å². The van der Waals surface area contributed by atoms with Gasteiger partial charge in [0.2, 0.25) is 0 Å². The minimum absolute atomic E-state index is 0.0989. The topological polar surface area (TPSA) is 79.5 Å². The van der Waals surface area contributed by atoms with Gasteiger partial charge >= 0.3 is 0 Å². The average Bonchev–Trinajstić information content (AvgIpc) is 3.41. The molecule has 1 amide bonds. The van der Waals surface area contributed by atoms with Gasteiger partial charge in [-0.1, -0.05) is 12.7 Å². The van der Waals surface area contributed by atoms with Crippen molar-refractivity contribution in [2.24, 2.45) is 4.99 Å². The lowest BCUT2D eigenvalue weighted by molar-refractivity contribution is 0.0994. The highest BCUT2D eigenvalue weighted by Gasteiger charge is 2.34. The molecular formula is C19H18FN7O. The molecule has 28 heavy (non-hydrogen) atoms. The van der Waals surface area contributed by atoms with Crippen LogP contribution in [0.5, 0.6) is 0 Å². The monoisotopic (exact) mass is 379 g/mol. The first-order chi connectivity index (χ1) is 13.6. The molecule has 0 unspecified atom stereocenters. The van der Waals surface area contributed by atoms with Gasteiger partial charge in [0.1, 0.15) is 5.84 Å². The Balaban J connectivity index is 1.50. The molecule has 2 aliphatic heterocycles. The quantitative estimate of drug-likeness (QED) is 0.462. The Kier molecular flexibility index (Phi) is 4.56. The third-order valence-electron chi connectivity index (χ3n) is 4.53. The summed E-state index contributed by atoms with van der Waals surface area (Å²) in [6, 6.07) is 0. The molecule has 0 aromatic carbocycles. The van der Waals surface area contributed by atoms with E-state index in [-0.39, 0.29) is 18.3 Å². The number of hydrogen-bond donors (Lipinski definition) is 0. The highest BCUT2D eigenvalue weighted by atomic mass is 19.1. The van der Waals surface area contributed by atoms with Crippen LogP contribution >= 0.6 is 0 Å². The molecule has 2 aromatic rings. The number of halogens is 1. The van der Waals surface area contributed by atoms with Gasteiger partial charge in [-0.15, -0.1) is 0 Å². The second-order valence-corrected chi connectivity index (χ2v) is 6.27. The number of amides is 1. The van der Waals surface area contributed by atoms with Crippen LogP contribution in [-0.4, -0.2) is 50.0 Å². The fourth-order valence-electron chi connectivity index (χ4n) is 3.11. The maximum atomic E-state index is 13.9. The summed E-state index contributed by atoms with van der Waals surface area (Å²) < 4.78 is 15.4. The van der Waals surface area contributed by atoms with E-state index in [0.29, 0.717) is 17.0 Å². The number of aromatic nitrogens is 4. The lowest BCUT2D eigenvalue weighted by atomic mass is 10.3. The average molecular weight is 379 g/mol.